The van der Waals surface area contributed by atoms with E-state index in [0.29, 0.717) is 6.61 Å². The van der Waals surface area contributed by atoms with E-state index in [4.69, 9.17) is 4.74 Å². The van der Waals surface area contributed by atoms with Crippen molar-refractivity contribution in [2.45, 2.75) is 123 Å². The van der Waals surface area contributed by atoms with E-state index in [1.807, 2.05) is 0 Å². The van der Waals surface area contributed by atoms with Crippen molar-refractivity contribution in [3.8, 4) is 0 Å². The Morgan fingerprint density at radius 2 is 1.15 bits per heavy atom. The molecule has 0 spiro atoms. The van der Waals surface area contributed by atoms with Gasteiger partial charge in [-0.2, -0.15) is 0 Å². The third-order valence-electron chi connectivity index (χ3n) is 5.17. The van der Waals surface area contributed by atoms with E-state index >= 15 is 0 Å². The van der Waals surface area contributed by atoms with Gasteiger partial charge in [-0.05, 0) is 25.7 Å². The van der Waals surface area contributed by atoms with E-state index in [1.165, 1.54) is 83.5 Å². The van der Waals surface area contributed by atoms with Gasteiger partial charge in [0, 0.05) is 5.33 Å². The zero-order chi connectivity index (χ0) is 19.3. The quantitative estimate of drug-likeness (QED) is 0.110. The first kappa shape index (κ1) is 26.0. The summed E-state index contributed by atoms with van der Waals surface area (Å²) < 4.78 is 5.61. The second-order valence-electron chi connectivity index (χ2n) is 7.73. The van der Waals surface area contributed by atoms with Crippen LogP contribution in [-0.4, -0.2) is 17.9 Å². The summed E-state index contributed by atoms with van der Waals surface area (Å²) >= 11 is 3.46. The summed E-state index contributed by atoms with van der Waals surface area (Å²) in [7, 11) is 0. The number of ether oxygens (including phenoxy) is 1. The van der Waals surface area contributed by atoms with Crippen molar-refractivity contribution in [2.24, 2.45) is 5.92 Å². The molecule has 0 bridgehead atoms. The average molecular weight is 434 g/mol. The molecule has 0 rings (SSSR count). The molecule has 0 aliphatic rings. The van der Waals surface area contributed by atoms with E-state index < -0.39 is 0 Å². The molecule has 0 amide bonds. The fourth-order valence-corrected chi connectivity index (χ4v) is 3.78. The minimum Gasteiger partial charge on any atom is -0.465 e. The molecule has 0 saturated carbocycles. The summed E-state index contributed by atoms with van der Waals surface area (Å²) in [6.45, 7) is 5.12. The van der Waals surface area contributed by atoms with Gasteiger partial charge >= 0.3 is 5.97 Å². The molecule has 0 saturated heterocycles. The Morgan fingerprint density at radius 3 is 1.69 bits per heavy atom. The molecule has 0 radical (unpaired) electrons. The van der Waals surface area contributed by atoms with Gasteiger partial charge in [0.15, 0.2) is 0 Å². The number of alkyl halides is 1. The highest BCUT2D eigenvalue weighted by Gasteiger charge is 2.19. The number of carbonyl (C=O) groups excluding carboxylic acids is 1. The minimum absolute atomic E-state index is 0.0783. The molecule has 1 atom stereocenters. The van der Waals surface area contributed by atoms with Crippen LogP contribution in [0, 0.1) is 5.92 Å². The van der Waals surface area contributed by atoms with Crippen LogP contribution in [0.3, 0.4) is 0 Å². The Morgan fingerprint density at radius 1 is 0.692 bits per heavy atom. The molecule has 156 valence electrons. The highest BCUT2D eigenvalue weighted by molar-refractivity contribution is 9.09. The topological polar surface area (TPSA) is 26.3 Å². The molecule has 0 aliphatic heterocycles. The van der Waals surface area contributed by atoms with Gasteiger partial charge in [0.2, 0.25) is 0 Å². The monoisotopic (exact) mass is 432 g/mol. The maximum Gasteiger partial charge on any atom is 0.308 e. The number of unbranched alkanes of at least 4 members (excludes halogenated alkanes) is 12. The van der Waals surface area contributed by atoms with Crippen molar-refractivity contribution in [1.29, 1.82) is 0 Å². The smallest absolute Gasteiger partial charge is 0.308 e. The lowest BCUT2D eigenvalue weighted by Gasteiger charge is -2.16. The SMILES string of the molecule is CCCCCCCCC(CCCCCCC)C(=O)OCCCCCCBr. The van der Waals surface area contributed by atoms with Gasteiger partial charge < -0.3 is 4.74 Å². The van der Waals surface area contributed by atoms with Crippen LogP contribution in [0.15, 0.2) is 0 Å². The molecular weight excluding hydrogens is 388 g/mol. The fourth-order valence-electron chi connectivity index (χ4n) is 3.39. The van der Waals surface area contributed by atoms with Crippen LogP contribution < -0.4 is 0 Å². The Labute approximate surface area is 172 Å². The zero-order valence-electron chi connectivity index (χ0n) is 17.7. The Hall–Kier alpha value is -0.0500. The van der Waals surface area contributed by atoms with Gasteiger partial charge in [-0.3, -0.25) is 4.79 Å². The first-order valence-corrected chi connectivity index (χ1v) is 12.6. The van der Waals surface area contributed by atoms with E-state index in [2.05, 4.69) is 29.8 Å². The number of esters is 1. The van der Waals surface area contributed by atoms with Crippen LogP contribution in [0.1, 0.15) is 123 Å². The summed E-state index contributed by atoms with van der Waals surface area (Å²) in [5.41, 5.74) is 0. The molecule has 0 N–H and O–H groups in total. The average Bonchev–Trinajstić information content (AvgIpc) is 2.65. The van der Waals surface area contributed by atoms with Gasteiger partial charge in [0.1, 0.15) is 0 Å². The molecule has 26 heavy (non-hydrogen) atoms. The molecule has 0 fully saturated rings. The lowest BCUT2D eigenvalue weighted by molar-refractivity contribution is -0.149. The van der Waals surface area contributed by atoms with Crippen molar-refractivity contribution >= 4 is 21.9 Å². The van der Waals surface area contributed by atoms with Crippen molar-refractivity contribution in [3.63, 3.8) is 0 Å². The van der Waals surface area contributed by atoms with Crippen LogP contribution in [0.5, 0.6) is 0 Å². The van der Waals surface area contributed by atoms with Crippen LogP contribution in [0.25, 0.3) is 0 Å². The minimum atomic E-state index is 0.0783. The maximum atomic E-state index is 12.5. The van der Waals surface area contributed by atoms with Crippen molar-refractivity contribution in [2.75, 3.05) is 11.9 Å². The van der Waals surface area contributed by atoms with Crippen LogP contribution in [0.4, 0.5) is 0 Å². The molecule has 0 aromatic heterocycles. The summed E-state index contributed by atoms with van der Waals surface area (Å²) in [4.78, 5) is 12.5. The molecule has 0 aromatic rings. The van der Waals surface area contributed by atoms with Crippen molar-refractivity contribution in [1.82, 2.24) is 0 Å². The summed E-state index contributed by atoms with van der Waals surface area (Å²) in [5, 5.41) is 1.07. The first-order valence-electron chi connectivity index (χ1n) is 11.5. The number of halogens is 1. The molecular formula is C23H45BrO2. The maximum absolute atomic E-state index is 12.5. The van der Waals surface area contributed by atoms with Gasteiger partial charge in [0.05, 0.1) is 12.5 Å². The molecule has 0 aliphatic carbocycles. The van der Waals surface area contributed by atoms with E-state index in [1.54, 1.807) is 0 Å². The predicted octanol–water partition coefficient (Wildman–Crippen LogP) is 8.21. The van der Waals surface area contributed by atoms with E-state index in [9.17, 15) is 4.79 Å². The van der Waals surface area contributed by atoms with Crippen LogP contribution >= 0.6 is 15.9 Å². The highest BCUT2D eigenvalue weighted by atomic mass is 79.9. The number of hydrogen-bond acceptors (Lipinski definition) is 2. The van der Waals surface area contributed by atoms with Gasteiger partial charge in [-0.15, -0.1) is 0 Å². The van der Waals surface area contributed by atoms with Crippen LogP contribution in [0.2, 0.25) is 0 Å². The normalized spacial score (nSPS) is 12.3. The number of carbonyl (C=O) groups is 1. The molecule has 0 aromatic carbocycles. The fraction of sp³-hybridized carbons (Fsp3) is 0.957. The number of hydrogen-bond donors (Lipinski definition) is 0. The summed E-state index contributed by atoms with van der Waals surface area (Å²) in [6.07, 6.45) is 20.8. The van der Waals surface area contributed by atoms with Crippen molar-refractivity contribution < 1.29 is 9.53 Å². The third kappa shape index (κ3) is 17.4. The Bertz CT molecular complexity index is 294. The second-order valence-corrected chi connectivity index (χ2v) is 8.52. The Kier molecular flexibility index (Phi) is 21.2. The first-order chi connectivity index (χ1) is 12.8. The molecule has 2 nitrogen and oxygen atoms in total. The van der Waals surface area contributed by atoms with Crippen LogP contribution in [-0.2, 0) is 9.53 Å². The van der Waals surface area contributed by atoms with Gasteiger partial charge in [-0.25, -0.2) is 0 Å². The standard InChI is InChI=1S/C23H45BrO2/c1-3-5-7-9-11-15-19-22(18-14-10-8-6-4-2)23(25)26-21-17-13-12-16-20-24/h22H,3-21H2,1-2H3. The summed E-state index contributed by atoms with van der Waals surface area (Å²) in [6, 6.07) is 0. The number of rotatable bonds is 20. The molecule has 3 heteroatoms. The molecule has 0 heterocycles. The Balaban J connectivity index is 4.00. The zero-order valence-corrected chi connectivity index (χ0v) is 19.3. The third-order valence-corrected chi connectivity index (χ3v) is 5.73. The van der Waals surface area contributed by atoms with Crippen molar-refractivity contribution in [3.05, 3.63) is 0 Å². The van der Waals surface area contributed by atoms with Gasteiger partial charge in [0.25, 0.3) is 0 Å². The molecule has 1 unspecified atom stereocenters. The largest absolute Gasteiger partial charge is 0.465 e. The lowest BCUT2D eigenvalue weighted by Crippen LogP contribution is -2.18. The lowest BCUT2D eigenvalue weighted by atomic mass is 9.94. The second kappa shape index (κ2) is 21.3. The summed E-state index contributed by atoms with van der Waals surface area (Å²) in [5.74, 6) is 0.222. The highest BCUT2D eigenvalue weighted by Crippen LogP contribution is 2.21. The van der Waals surface area contributed by atoms with E-state index in [0.717, 1.165) is 31.0 Å². The van der Waals surface area contributed by atoms with E-state index in [-0.39, 0.29) is 11.9 Å². The van der Waals surface area contributed by atoms with Gasteiger partial charge in [-0.1, -0.05) is 113 Å². The predicted molar refractivity (Wildman–Crippen MR) is 118 cm³/mol.